The summed E-state index contributed by atoms with van der Waals surface area (Å²) in [7, 11) is 0. The summed E-state index contributed by atoms with van der Waals surface area (Å²) in [4.78, 5) is 1.22. The maximum Gasteiger partial charge on any atom is 0.115 e. The largest absolute Gasteiger partial charge is 0.508 e. The lowest BCUT2D eigenvalue weighted by Gasteiger charge is -2.03. The van der Waals surface area contributed by atoms with Gasteiger partial charge >= 0.3 is 0 Å². The van der Waals surface area contributed by atoms with Crippen LogP contribution in [-0.4, -0.2) is 10.9 Å². The van der Waals surface area contributed by atoms with Crippen LogP contribution in [-0.2, 0) is 0 Å². The summed E-state index contributed by atoms with van der Waals surface area (Å²) < 4.78 is 0. The van der Waals surface area contributed by atoms with Crippen LogP contribution in [0.1, 0.15) is 13.8 Å². The lowest BCUT2D eigenvalue weighted by molar-refractivity contribution is 0.475. The van der Waals surface area contributed by atoms with Gasteiger partial charge in [-0.25, -0.2) is 0 Å². The number of aromatic hydroxyl groups is 1. The lowest BCUT2D eigenvalue weighted by Crippen LogP contribution is -1.89. The zero-order valence-corrected chi connectivity index (χ0v) is 8.27. The molecule has 0 saturated heterocycles. The molecule has 0 aliphatic rings. The third-order valence-electron chi connectivity index (χ3n) is 1.42. The Balaban J connectivity index is 2.48. The maximum atomic E-state index is 9.02. The summed E-state index contributed by atoms with van der Waals surface area (Å²) in [5.74, 6) is 2.18. The first-order valence-corrected chi connectivity index (χ1v) is 5.09. The average Bonchev–Trinajstić information content (AvgIpc) is 2.03. The van der Waals surface area contributed by atoms with Gasteiger partial charge < -0.3 is 5.11 Å². The van der Waals surface area contributed by atoms with Gasteiger partial charge in [-0.3, -0.25) is 0 Å². The van der Waals surface area contributed by atoms with Crippen molar-refractivity contribution in [3.05, 3.63) is 24.3 Å². The van der Waals surface area contributed by atoms with Crippen LogP contribution >= 0.6 is 11.8 Å². The second-order valence-electron chi connectivity index (χ2n) is 3.20. The number of phenols is 1. The molecule has 1 N–H and O–H groups in total. The molecule has 12 heavy (non-hydrogen) atoms. The van der Waals surface area contributed by atoms with Crippen LogP contribution < -0.4 is 0 Å². The summed E-state index contributed by atoms with van der Waals surface area (Å²) in [6, 6.07) is 7.34. The number of hydrogen-bond acceptors (Lipinski definition) is 2. The molecule has 1 aromatic carbocycles. The molecule has 0 spiro atoms. The molecule has 1 rings (SSSR count). The summed E-state index contributed by atoms with van der Waals surface area (Å²) in [6.07, 6.45) is 0. The van der Waals surface area contributed by atoms with E-state index in [1.807, 2.05) is 23.9 Å². The molecule has 0 bridgehead atoms. The predicted molar refractivity (Wildman–Crippen MR) is 53.7 cm³/mol. The SMILES string of the molecule is CC(C)CSc1ccc(O)cc1. The van der Waals surface area contributed by atoms with Gasteiger partial charge in [0, 0.05) is 10.6 Å². The van der Waals surface area contributed by atoms with Gasteiger partial charge in [0.05, 0.1) is 0 Å². The second kappa shape index (κ2) is 4.41. The third kappa shape index (κ3) is 3.18. The molecule has 0 heterocycles. The molecular weight excluding hydrogens is 168 g/mol. The van der Waals surface area contributed by atoms with E-state index in [1.165, 1.54) is 4.90 Å². The highest BCUT2D eigenvalue weighted by Gasteiger charge is 1.96. The Kier molecular flexibility index (Phi) is 3.48. The minimum atomic E-state index is 0.337. The highest BCUT2D eigenvalue weighted by Crippen LogP contribution is 2.22. The van der Waals surface area contributed by atoms with Gasteiger partial charge in [0.15, 0.2) is 0 Å². The van der Waals surface area contributed by atoms with Crippen LogP contribution in [0.4, 0.5) is 0 Å². The van der Waals surface area contributed by atoms with E-state index in [0.29, 0.717) is 11.7 Å². The van der Waals surface area contributed by atoms with Crippen LogP contribution in [0.5, 0.6) is 5.75 Å². The number of thioether (sulfide) groups is 1. The van der Waals surface area contributed by atoms with E-state index < -0.39 is 0 Å². The normalized spacial score (nSPS) is 10.6. The Hall–Kier alpha value is -0.630. The van der Waals surface area contributed by atoms with Gasteiger partial charge in [-0.1, -0.05) is 13.8 Å². The average molecular weight is 182 g/mol. The van der Waals surface area contributed by atoms with Gasteiger partial charge in [0.2, 0.25) is 0 Å². The fourth-order valence-corrected chi connectivity index (χ4v) is 1.66. The molecule has 0 radical (unpaired) electrons. The number of rotatable bonds is 3. The van der Waals surface area contributed by atoms with Crippen molar-refractivity contribution in [2.45, 2.75) is 18.7 Å². The first kappa shape index (κ1) is 9.46. The highest BCUT2D eigenvalue weighted by atomic mass is 32.2. The minimum absolute atomic E-state index is 0.337. The number of benzene rings is 1. The number of phenolic OH excluding ortho intramolecular Hbond substituents is 1. The molecule has 0 saturated carbocycles. The van der Waals surface area contributed by atoms with Crippen molar-refractivity contribution in [1.29, 1.82) is 0 Å². The van der Waals surface area contributed by atoms with Crippen LogP contribution in [0.25, 0.3) is 0 Å². The second-order valence-corrected chi connectivity index (χ2v) is 4.29. The van der Waals surface area contributed by atoms with E-state index in [2.05, 4.69) is 13.8 Å². The van der Waals surface area contributed by atoms with Gasteiger partial charge in [-0.05, 0) is 30.2 Å². The van der Waals surface area contributed by atoms with E-state index >= 15 is 0 Å². The molecule has 66 valence electrons. The molecule has 0 fully saturated rings. The van der Waals surface area contributed by atoms with E-state index in [9.17, 15) is 0 Å². The molecule has 0 aliphatic heterocycles. The highest BCUT2D eigenvalue weighted by molar-refractivity contribution is 7.99. The summed E-state index contributed by atoms with van der Waals surface area (Å²) in [6.45, 7) is 4.40. The fourth-order valence-electron chi connectivity index (χ4n) is 0.805. The first-order valence-electron chi connectivity index (χ1n) is 4.10. The summed E-state index contributed by atoms with van der Waals surface area (Å²) >= 11 is 1.83. The Bertz CT molecular complexity index is 228. The minimum Gasteiger partial charge on any atom is -0.508 e. The molecule has 0 unspecified atom stereocenters. The van der Waals surface area contributed by atoms with Crippen LogP contribution in [0.3, 0.4) is 0 Å². The molecule has 0 amide bonds. The molecule has 2 heteroatoms. The van der Waals surface area contributed by atoms with Gasteiger partial charge in [0.1, 0.15) is 5.75 Å². The van der Waals surface area contributed by atoms with Crippen LogP contribution in [0.2, 0.25) is 0 Å². The predicted octanol–water partition coefficient (Wildman–Crippen LogP) is 3.14. The molecular formula is C10H14OS. The van der Waals surface area contributed by atoms with E-state index in [1.54, 1.807) is 12.1 Å². The van der Waals surface area contributed by atoms with Crippen molar-refractivity contribution in [1.82, 2.24) is 0 Å². The van der Waals surface area contributed by atoms with Gasteiger partial charge in [0.25, 0.3) is 0 Å². The summed E-state index contributed by atoms with van der Waals surface area (Å²) in [5, 5.41) is 9.02. The topological polar surface area (TPSA) is 20.2 Å². The molecule has 1 aromatic rings. The lowest BCUT2D eigenvalue weighted by atomic mass is 10.3. The summed E-state index contributed by atoms with van der Waals surface area (Å²) in [5.41, 5.74) is 0. The Labute approximate surface area is 77.8 Å². The molecule has 0 aromatic heterocycles. The quantitative estimate of drug-likeness (QED) is 0.725. The van der Waals surface area contributed by atoms with Crippen molar-refractivity contribution in [3.8, 4) is 5.75 Å². The van der Waals surface area contributed by atoms with Crippen molar-refractivity contribution < 1.29 is 5.11 Å². The van der Waals surface area contributed by atoms with Crippen molar-refractivity contribution in [2.24, 2.45) is 5.92 Å². The van der Waals surface area contributed by atoms with Crippen LogP contribution in [0, 0.1) is 5.92 Å². The van der Waals surface area contributed by atoms with Gasteiger partial charge in [-0.15, -0.1) is 11.8 Å². The third-order valence-corrected chi connectivity index (χ3v) is 2.86. The number of hydrogen-bond donors (Lipinski definition) is 1. The standard InChI is InChI=1S/C10H14OS/c1-8(2)7-12-10-5-3-9(11)4-6-10/h3-6,8,11H,7H2,1-2H3. The Morgan fingerprint density at radius 3 is 2.33 bits per heavy atom. The van der Waals surface area contributed by atoms with Crippen LogP contribution in [0.15, 0.2) is 29.2 Å². The zero-order valence-electron chi connectivity index (χ0n) is 7.45. The van der Waals surface area contributed by atoms with Crippen molar-refractivity contribution in [3.63, 3.8) is 0 Å². The van der Waals surface area contributed by atoms with Crippen molar-refractivity contribution >= 4 is 11.8 Å². The van der Waals surface area contributed by atoms with E-state index in [-0.39, 0.29) is 0 Å². The molecule has 0 aliphatic carbocycles. The Morgan fingerprint density at radius 1 is 1.25 bits per heavy atom. The van der Waals surface area contributed by atoms with E-state index in [0.717, 1.165) is 5.75 Å². The van der Waals surface area contributed by atoms with E-state index in [4.69, 9.17) is 5.11 Å². The zero-order chi connectivity index (χ0) is 8.97. The Morgan fingerprint density at radius 2 is 1.83 bits per heavy atom. The molecule has 1 nitrogen and oxygen atoms in total. The van der Waals surface area contributed by atoms with Gasteiger partial charge in [-0.2, -0.15) is 0 Å². The monoisotopic (exact) mass is 182 g/mol. The smallest absolute Gasteiger partial charge is 0.115 e. The first-order chi connectivity index (χ1) is 5.68. The van der Waals surface area contributed by atoms with Crippen molar-refractivity contribution in [2.75, 3.05) is 5.75 Å². The maximum absolute atomic E-state index is 9.02. The fraction of sp³-hybridized carbons (Fsp3) is 0.400. The molecule has 0 atom stereocenters.